The highest BCUT2D eigenvalue weighted by atomic mass is 16.6. The molecule has 0 bridgehead atoms. The largest absolute Gasteiger partial charge is 0.361 e. The summed E-state index contributed by atoms with van der Waals surface area (Å²) in [5.41, 5.74) is 3.51. The highest BCUT2D eigenvalue weighted by molar-refractivity contribution is 6.11. The van der Waals surface area contributed by atoms with Crippen LogP contribution in [0.2, 0.25) is 0 Å². The van der Waals surface area contributed by atoms with Crippen LogP contribution in [0.1, 0.15) is 28.2 Å². The summed E-state index contributed by atoms with van der Waals surface area (Å²) in [4.78, 5) is 27.6. The topological polar surface area (TPSA) is 103 Å². The Balaban J connectivity index is 1.59. The summed E-state index contributed by atoms with van der Waals surface area (Å²) >= 11 is 0. The molecule has 0 saturated carbocycles. The minimum Gasteiger partial charge on any atom is -0.361 e. The molecule has 0 amide bonds. The zero-order chi connectivity index (χ0) is 19.7. The Kier molecular flexibility index (Phi) is 4.44. The number of hydrogen-bond acceptors (Lipinski definition) is 6. The van der Waals surface area contributed by atoms with Crippen molar-refractivity contribution in [1.29, 1.82) is 0 Å². The Morgan fingerprint density at radius 1 is 1.18 bits per heavy atom. The Labute approximate surface area is 160 Å². The molecule has 28 heavy (non-hydrogen) atoms. The number of anilines is 1. The standard InChI is InChI=1S/C20H17N5O3/c1-13-19-17(24(23-13)18-4-2-3-11-21-18)10-5-14(20(19)26)12-22-15-6-8-16(9-7-15)25(27)28/h2-4,6-9,11-12,22H,5,10H2,1H3/b14-12-. The van der Waals surface area contributed by atoms with Gasteiger partial charge in [-0.25, -0.2) is 9.67 Å². The minimum atomic E-state index is -0.448. The molecule has 1 aliphatic carbocycles. The number of hydrogen-bond donors (Lipinski definition) is 1. The summed E-state index contributed by atoms with van der Waals surface area (Å²) in [7, 11) is 0. The maximum Gasteiger partial charge on any atom is 0.269 e. The molecule has 1 N–H and O–H groups in total. The predicted octanol–water partition coefficient (Wildman–Crippen LogP) is 3.61. The highest BCUT2D eigenvalue weighted by Crippen LogP contribution is 2.29. The second-order valence-electron chi connectivity index (χ2n) is 6.45. The average Bonchev–Trinajstić information content (AvgIpc) is 3.06. The maximum absolute atomic E-state index is 13.0. The van der Waals surface area contributed by atoms with E-state index in [-0.39, 0.29) is 11.5 Å². The molecule has 0 radical (unpaired) electrons. The van der Waals surface area contributed by atoms with Crippen molar-refractivity contribution < 1.29 is 9.72 Å². The number of Topliss-reactive ketones (excluding diaryl/α,β-unsaturated/α-hetero) is 1. The molecule has 8 heteroatoms. The molecule has 4 rings (SSSR count). The van der Waals surface area contributed by atoms with Crippen LogP contribution in [0.4, 0.5) is 11.4 Å². The van der Waals surface area contributed by atoms with Crippen LogP contribution < -0.4 is 5.32 Å². The van der Waals surface area contributed by atoms with Gasteiger partial charge in [-0.1, -0.05) is 6.07 Å². The van der Waals surface area contributed by atoms with Crippen molar-refractivity contribution in [3.63, 3.8) is 0 Å². The van der Waals surface area contributed by atoms with E-state index in [1.165, 1.54) is 12.1 Å². The van der Waals surface area contributed by atoms with E-state index in [2.05, 4.69) is 15.4 Å². The molecule has 1 aromatic carbocycles. The van der Waals surface area contributed by atoms with E-state index in [1.54, 1.807) is 29.2 Å². The van der Waals surface area contributed by atoms with Gasteiger partial charge in [-0.3, -0.25) is 14.9 Å². The summed E-state index contributed by atoms with van der Waals surface area (Å²) in [6, 6.07) is 11.6. The van der Waals surface area contributed by atoms with E-state index in [1.807, 2.05) is 25.1 Å². The molecule has 0 aliphatic heterocycles. The number of allylic oxidation sites excluding steroid dienone is 1. The number of non-ortho nitro benzene ring substituents is 1. The second-order valence-corrected chi connectivity index (χ2v) is 6.45. The first-order valence-electron chi connectivity index (χ1n) is 8.79. The van der Waals surface area contributed by atoms with Crippen LogP contribution in [0.3, 0.4) is 0 Å². The summed E-state index contributed by atoms with van der Waals surface area (Å²) in [5, 5.41) is 18.3. The van der Waals surface area contributed by atoms with Crippen molar-refractivity contribution in [1.82, 2.24) is 14.8 Å². The lowest BCUT2D eigenvalue weighted by Crippen LogP contribution is -2.17. The lowest BCUT2D eigenvalue weighted by molar-refractivity contribution is -0.384. The van der Waals surface area contributed by atoms with Crippen molar-refractivity contribution in [2.45, 2.75) is 19.8 Å². The summed E-state index contributed by atoms with van der Waals surface area (Å²) in [5.74, 6) is 0.631. The molecule has 8 nitrogen and oxygen atoms in total. The monoisotopic (exact) mass is 375 g/mol. The van der Waals surface area contributed by atoms with Gasteiger partial charge in [0.2, 0.25) is 0 Å². The number of pyridine rings is 1. The highest BCUT2D eigenvalue weighted by Gasteiger charge is 2.29. The van der Waals surface area contributed by atoms with Gasteiger partial charge < -0.3 is 5.32 Å². The molecule has 0 saturated heterocycles. The van der Waals surface area contributed by atoms with E-state index in [0.717, 1.165) is 5.69 Å². The number of ketones is 1. The van der Waals surface area contributed by atoms with Gasteiger partial charge in [-0.15, -0.1) is 0 Å². The van der Waals surface area contributed by atoms with E-state index < -0.39 is 4.92 Å². The fourth-order valence-corrected chi connectivity index (χ4v) is 3.28. The molecule has 2 heterocycles. The van der Waals surface area contributed by atoms with E-state index in [4.69, 9.17) is 0 Å². The summed E-state index contributed by atoms with van der Waals surface area (Å²) in [6.45, 7) is 1.82. The summed E-state index contributed by atoms with van der Waals surface area (Å²) in [6.07, 6.45) is 4.61. The maximum atomic E-state index is 13.0. The number of carbonyl (C=O) groups is 1. The molecule has 0 atom stereocenters. The molecule has 0 spiro atoms. The number of nitrogens with one attached hydrogen (secondary N) is 1. The number of fused-ring (bicyclic) bond motifs is 1. The number of nitrogens with zero attached hydrogens (tertiary/aromatic N) is 4. The lowest BCUT2D eigenvalue weighted by atomic mass is 9.90. The predicted molar refractivity (Wildman–Crippen MR) is 104 cm³/mol. The van der Waals surface area contributed by atoms with Crippen molar-refractivity contribution in [2.75, 3.05) is 5.32 Å². The molecule has 0 unspecified atom stereocenters. The number of nitro benzene ring substituents is 1. The lowest BCUT2D eigenvalue weighted by Gasteiger charge is -2.16. The first-order chi connectivity index (χ1) is 13.5. The smallest absolute Gasteiger partial charge is 0.269 e. The molecule has 0 fully saturated rings. The fraction of sp³-hybridized carbons (Fsp3) is 0.150. The third kappa shape index (κ3) is 3.16. The van der Waals surface area contributed by atoms with E-state index >= 15 is 0 Å². The van der Waals surface area contributed by atoms with Gasteiger partial charge in [0.15, 0.2) is 11.6 Å². The quantitative estimate of drug-likeness (QED) is 0.424. The normalized spacial score (nSPS) is 14.8. The van der Waals surface area contributed by atoms with Crippen LogP contribution in [-0.2, 0) is 6.42 Å². The van der Waals surface area contributed by atoms with Gasteiger partial charge >= 0.3 is 0 Å². The first kappa shape index (κ1) is 17.6. The van der Waals surface area contributed by atoms with Crippen molar-refractivity contribution in [3.8, 4) is 5.82 Å². The Morgan fingerprint density at radius 3 is 2.64 bits per heavy atom. The molecule has 140 valence electrons. The molecular weight excluding hydrogens is 358 g/mol. The average molecular weight is 375 g/mol. The number of nitro groups is 1. The van der Waals surface area contributed by atoms with Crippen LogP contribution >= 0.6 is 0 Å². The Hall–Kier alpha value is -3.81. The van der Waals surface area contributed by atoms with Crippen molar-refractivity contribution >= 4 is 17.2 Å². The van der Waals surface area contributed by atoms with Crippen LogP contribution in [0.5, 0.6) is 0 Å². The van der Waals surface area contributed by atoms with Gasteiger partial charge in [0, 0.05) is 35.8 Å². The van der Waals surface area contributed by atoms with E-state index in [0.29, 0.717) is 41.2 Å². The fourth-order valence-electron chi connectivity index (χ4n) is 3.28. The SMILES string of the molecule is Cc1nn(-c2ccccn2)c2c1C(=O)/C(=C\Nc1ccc([N+](=O)[O-])cc1)CC2. The third-order valence-electron chi connectivity index (χ3n) is 4.66. The van der Waals surface area contributed by atoms with E-state index in [9.17, 15) is 14.9 Å². The van der Waals surface area contributed by atoms with Gasteiger partial charge in [0.1, 0.15) is 0 Å². The molecule has 3 aromatic rings. The minimum absolute atomic E-state index is 0.0224. The van der Waals surface area contributed by atoms with Crippen LogP contribution in [0.25, 0.3) is 5.82 Å². The number of aromatic nitrogens is 3. The van der Waals surface area contributed by atoms with Gasteiger partial charge in [0.25, 0.3) is 5.69 Å². The Bertz CT molecular complexity index is 1090. The van der Waals surface area contributed by atoms with Gasteiger partial charge in [0.05, 0.1) is 21.9 Å². The van der Waals surface area contributed by atoms with Crippen LogP contribution in [-0.4, -0.2) is 25.5 Å². The number of carbonyl (C=O) groups excluding carboxylic acids is 1. The number of aryl methyl sites for hydroxylation is 1. The second kappa shape index (κ2) is 7.07. The zero-order valence-corrected chi connectivity index (χ0v) is 15.1. The van der Waals surface area contributed by atoms with Crippen LogP contribution in [0.15, 0.2) is 60.4 Å². The van der Waals surface area contributed by atoms with Crippen LogP contribution in [0, 0.1) is 17.0 Å². The van der Waals surface area contributed by atoms with Gasteiger partial charge in [-0.05, 0) is 44.0 Å². The number of benzene rings is 1. The number of rotatable bonds is 4. The molecule has 1 aliphatic rings. The van der Waals surface area contributed by atoms with Gasteiger partial charge in [-0.2, -0.15) is 5.10 Å². The van der Waals surface area contributed by atoms with Crippen molar-refractivity contribution in [2.24, 2.45) is 0 Å². The molecule has 2 aromatic heterocycles. The first-order valence-corrected chi connectivity index (χ1v) is 8.79. The molecular formula is C20H17N5O3. The third-order valence-corrected chi connectivity index (χ3v) is 4.66. The Morgan fingerprint density at radius 2 is 1.96 bits per heavy atom. The summed E-state index contributed by atoms with van der Waals surface area (Å²) < 4.78 is 1.74. The zero-order valence-electron chi connectivity index (χ0n) is 15.1. The van der Waals surface area contributed by atoms with Crippen molar-refractivity contribution in [3.05, 3.63) is 87.5 Å².